The average Bonchev–Trinajstić information content (AvgIpc) is 2.40. The second-order valence-corrected chi connectivity index (χ2v) is 5.42. The van der Waals surface area contributed by atoms with E-state index in [-0.39, 0.29) is 0 Å². The van der Waals surface area contributed by atoms with Crippen molar-refractivity contribution in [1.82, 2.24) is 10.3 Å². The van der Waals surface area contributed by atoms with Crippen molar-refractivity contribution in [3.8, 4) is 5.75 Å². The van der Waals surface area contributed by atoms with Crippen LogP contribution in [0.25, 0.3) is 0 Å². The molecular formula is C15H24N2O. The van der Waals surface area contributed by atoms with Gasteiger partial charge in [0.2, 0.25) is 0 Å². The van der Waals surface area contributed by atoms with Crippen LogP contribution in [-0.4, -0.2) is 19.1 Å². The molecule has 18 heavy (non-hydrogen) atoms. The van der Waals surface area contributed by atoms with E-state index in [0.717, 1.165) is 11.7 Å². The fourth-order valence-electron chi connectivity index (χ4n) is 3.25. The summed E-state index contributed by atoms with van der Waals surface area (Å²) in [5.41, 5.74) is 1.24. The van der Waals surface area contributed by atoms with E-state index in [1.54, 1.807) is 7.11 Å². The van der Waals surface area contributed by atoms with Gasteiger partial charge in [-0.1, -0.05) is 19.8 Å². The summed E-state index contributed by atoms with van der Waals surface area (Å²) in [6.07, 6.45) is 9.00. The van der Waals surface area contributed by atoms with Crippen LogP contribution in [0.4, 0.5) is 0 Å². The Morgan fingerprint density at radius 1 is 1.44 bits per heavy atom. The molecule has 0 amide bonds. The molecule has 0 radical (unpaired) electrons. The van der Waals surface area contributed by atoms with Crippen molar-refractivity contribution in [1.29, 1.82) is 0 Å². The summed E-state index contributed by atoms with van der Waals surface area (Å²) < 4.78 is 5.44. The van der Waals surface area contributed by atoms with Crippen molar-refractivity contribution < 1.29 is 4.74 Å². The molecule has 3 atom stereocenters. The predicted molar refractivity (Wildman–Crippen MR) is 73.7 cm³/mol. The van der Waals surface area contributed by atoms with Gasteiger partial charge in [-0.05, 0) is 37.8 Å². The lowest BCUT2D eigenvalue weighted by molar-refractivity contribution is 0.226. The summed E-state index contributed by atoms with van der Waals surface area (Å²) in [7, 11) is 3.76. The highest BCUT2D eigenvalue weighted by Gasteiger charge is 2.28. The SMILES string of the molecule is CNC(c1ccncc1OC)C1CCCC(C)C1. The highest BCUT2D eigenvalue weighted by atomic mass is 16.5. The zero-order chi connectivity index (χ0) is 13.0. The van der Waals surface area contributed by atoms with E-state index in [2.05, 4.69) is 23.3 Å². The number of nitrogens with zero attached hydrogens (tertiary/aromatic N) is 1. The topological polar surface area (TPSA) is 34.2 Å². The van der Waals surface area contributed by atoms with Gasteiger partial charge in [-0.2, -0.15) is 0 Å². The molecule has 0 aromatic carbocycles. The van der Waals surface area contributed by atoms with Gasteiger partial charge < -0.3 is 10.1 Å². The van der Waals surface area contributed by atoms with Gasteiger partial charge in [0.25, 0.3) is 0 Å². The Hall–Kier alpha value is -1.09. The number of hydrogen-bond donors (Lipinski definition) is 1. The monoisotopic (exact) mass is 248 g/mol. The van der Waals surface area contributed by atoms with Crippen molar-refractivity contribution in [3.05, 3.63) is 24.0 Å². The Labute approximate surface area is 110 Å². The number of rotatable bonds is 4. The lowest BCUT2D eigenvalue weighted by Crippen LogP contribution is -2.29. The largest absolute Gasteiger partial charge is 0.495 e. The summed E-state index contributed by atoms with van der Waals surface area (Å²) in [5, 5.41) is 3.48. The van der Waals surface area contributed by atoms with Crippen molar-refractivity contribution in [2.45, 2.75) is 38.6 Å². The van der Waals surface area contributed by atoms with Crippen LogP contribution in [0.2, 0.25) is 0 Å². The smallest absolute Gasteiger partial charge is 0.141 e. The third-order valence-corrected chi connectivity index (χ3v) is 4.13. The van der Waals surface area contributed by atoms with E-state index >= 15 is 0 Å². The van der Waals surface area contributed by atoms with Crippen molar-refractivity contribution in [3.63, 3.8) is 0 Å². The van der Waals surface area contributed by atoms with Crippen LogP contribution in [0.1, 0.15) is 44.2 Å². The zero-order valence-electron chi connectivity index (χ0n) is 11.6. The molecule has 1 heterocycles. The second-order valence-electron chi connectivity index (χ2n) is 5.42. The zero-order valence-corrected chi connectivity index (χ0v) is 11.6. The van der Waals surface area contributed by atoms with Gasteiger partial charge in [-0.3, -0.25) is 4.98 Å². The Bertz CT molecular complexity index is 381. The van der Waals surface area contributed by atoms with E-state index in [0.29, 0.717) is 12.0 Å². The molecule has 0 bridgehead atoms. The molecule has 3 heteroatoms. The van der Waals surface area contributed by atoms with E-state index in [9.17, 15) is 0 Å². The molecule has 1 aliphatic rings. The Morgan fingerprint density at radius 2 is 2.28 bits per heavy atom. The first-order valence-corrected chi connectivity index (χ1v) is 6.91. The van der Waals surface area contributed by atoms with E-state index in [1.165, 1.54) is 31.2 Å². The summed E-state index contributed by atoms with van der Waals surface area (Å²) in [6.45, 7) is 2.36. The minimum Gasteiger partial charge on any atom is -0.495 e. The van der Waals surface area contributed by atoms with E-state index < -0.39 is 0 Å². The van der Waals surface area contributed by atoms with Gasteiger partial charge in [0.1, 0.15) is 5.75 Å². The summed E-state index contributed by atoms with van der Waals surface area (Å²) in [5.74, 6) is 2.44. The van der Waals surface area contributed by atoms with Crippen molar-refractivity contribution in [2.75, 3.05) is 14.2 Å². The van der Waals surface area contributed by atoms with Gasteiger partial charge in [0, 0.05) is 17.8 Å². The number of aromatic nitrogens is 1. The first kappa shape index (κ1) is 13.3. The molecule has 1 saturated carbocycles. The van der Waals surface area contributed by atoms with Crippen LogP contribution >= 0.6 is 0 Å². The van der Waals surface area contributed by atoms with Crippen molar-refractivity contribution in [2.24, 2.45) is 11.8 Å². The summed E-state index contributed by atoms with van der Waals surface area (Å²) >= 11 is 0. The fourth-order valence-corrected chi connectivity index (χ4v) is 3.25. The molecule has 0 spiro atoms. The molecule has 3 nitrogen and oxygen atoms in total. The predicted octanol–water partition coefficient (Wildman–Crippen LogP) is 3.18. The van der Waals surface area contributed by atoms with Crippen LogP contribution in [-0.2, 0) is 0 Å². The van der Waals surface area contributed by atoms with Gasteiger partial charge >= 0.3 is 0 Å². The Morgan fingerprint density at radius 3 is 2.94 bits per heavy atom. The van der Waals surface area contributed by atoms with Crippen LogP contribution in [0.5, 0.6) is 5.75 Å². The average molecular weight is 248 g/mol. The molecule has 0 saturated heterocycles. The second kappa shape index (κ2) is 6.19. The van der Waals surface area contributed by atoms with Crippen molar-refractivity contribution >= 4 is 0 Å². The molecule has 100 valence electrons. The first-order valence-electron chi connectivity index (χ1n) is 6.91. The highest BCUT2D eigenvalue weighted by molar-refractivity contribution is 5.33. The van der Waals surface area contributed by atoms with Crippen LogP contribution < -0.4 is 10.1 Å². The van der Waals surface area contributed by atoms with Crippen LogP contribution in [0.15, 0.2) is 18.5 Å². The summed E-state index contributed by atoms with van der Waals surface area (Å²) in [6, 6.07) is 2.46. The first-order chi connectivity index (χ1) is 8.76. The van der Waals surface area contributed by atoms with Gasteiger partial charge in [-0.15, -0.1) is 0 Å². The molecule has 2 rings (SSSR count). The van der Waals surface area contributed by atoms with E-state index in [4.69, 9.17) is 4.74 Å². The minimum atomic E-state index is 0.380. The number of nitrogens with one attached hydrogen (secondary N) is 1. The van der Waals surface area contributed by atoms with Gasteiger partial charge in [-0.25, -0.2) is 0 Å². The maximum absolute atomic E-state index is 5.44. The molecule has 1 fully saturated rings. The lowest BCUT2D eigenvalue weighted by atomic mass is 9.77. The molecule has 1 aromatic rings. The standard InChI is InChI=1S/C15H24N2O/c1-11-5-4-6-12(9-11)15(16-2)13-7-8-17-10-14(13)18-3/h7-8,10-12,15-16H,4-6,9H2,1-3H3. The Balaban J connectivity index is 2.21. The maximum Gasteiger partial charge on any atom is 0.141 e. The number of pyridine rings is 1. The number of ether oxygens (including phenoxy) is 1. The lowest BCUT2D eigenvalue weighted by Gasteiger charge is -2.33. The third-order valence-electron chi connectivity index (χ3n) is 4.13. The van der Waals surface area contributed by atoms with Crippen LogP contribution in [0.3, 0.4) is 0 Å². The number of hydrogen-bond acceptors (Lipinski definition) is 3. The number of methoxy groups -OCH3 is 1. The van der Waals surface area contributed by atoms with Gasteiger partial charge in [0.15, 0.2) is 0 Å². The molecule has 1 aliphatic carbocycles. The molecule has 0 aliphatic heterocycles. The maximum atomic E-state index is 5.44. The fraction of sp³-hybridized carbons (Fsp3) is 0.667. The minimum absolute atomic E-state index is 0.380. The summed E-state index contributed by atoms with van der Waals surface area (Å²) in [4.78, 5) is 4.14. The molecule has 1 aromatic heterocycles. The molecule has 1 N–H and O–H groups in total. The third kappa shape index (κ3) is 2.83. The van der Waals surface area contributed by atoms with Gasteiger partial charge in [0.05, 0.1) is 13.3 Å². The normalized spacial score (nSPS) is 25.7. The molecular weight excluding hydrogens is 224 g/mol. The molecule has 3 unspecified atom stereocenters. The highest BCUT2D eigenvalue weighted by Crippen LogP contribution is 2.39. The van der Waals surface area contributed by atoms with Crippen LogP contribution in [0, 0.1) is 11.8 Å². The Kier molecular flexibility index (Phi) is 4.59. The van der Waals surface area contributed by atoms with E-state index in [1.807, 2.05) is 19.4 Å². The quantitative estimate of drug-likeness (QED) is 0.888.